The molecule has 0 aromatic carbocycles. The van der Waals surface area contributed by atoms with Crippen LogP contribution in [-0.2, 0) is 0 Å². The smallest absolute Gasteiger partial charge is 0.193 e. The van der Waals surface area contributed by atoms with Gasteiger partial charge in [-0.05, 0) is 46.0 Å². The Morgan fingerprint density at radius 2 is 1.83 bits per heavy atom. The van der Waals surface area contributed by atoms with E-state index >= 15 is 0 Å². The number of halogens is 4. The molecule has 4 bridgehead atoms. The van der Waals surface area contributed by atoms with Crippen molar-refractivity contribution in [1.82, 2.24) is 0 Å². The van der Waals surface area contributed by atoms with Crippen LogP contribution >= 0.6 is 31.9 Å². The fourth-order valence-corrected chi connectivity index (χ4v) is 5.45. The summed E-state index contributed by atoms with van der Waals surface area (Å²) in [5.74, 6) is 1.33. The monoisotopic (exact) mass is 300 g/mol. The molecule has 6 unspecified atom stereocenters. The van der Waals surface area contributed by atoms with E-state index in [0.717, 1.165) is 6.42 Å². The van der Waals surface area contributed by atoms with Gasteiger partial charge in [0.15, 0.2) is 0 Å². The van der Waals surface area contributed by atoms with Gasteiger partial charge in [-0.2, -0.15) is 8.78 Å². The molecule has 4 heteroatoms. The molecule has 12 heavy (non-hydrogen) atoms. The van der Waals surface area contributed by atoms with E-state index < -0.39 is 10.7 Å². The lowest BCUT2D eigenvalue weighted by molar-refractivity contribution is 0.0274. The molecule has 0 aromatic heterocycles. The van der Waals surface area contributed by atoms with Crippen molar-refractivity contribution in [3.8, 4) is 0 Å². The van der Waals surface area contributed by atoms with E-state index in [9.17, 15) is 8.78 Å². The standard InChI is InChI=1S/C8H8Br2F2/c9-7-3-1-2-4(5(2)7)6(3)8(10,11)12/h2-7H,1H2. The normalized spacial score (nSPS) is 61.0. The van der Waals surface area contributed by atoms with Gasteiger partial charge >= 0.3 is 4.83 Å². The number of rotatable bonds is 1. The summed E-state index contributed by atoms with van der Waals surface area (Å²) in [6, 6.07) is 0. The van der Waals surface area contributed by atoms with E-state index in [1.54, 1.807) is 0 Å². The zero-order chi connectivity index (χ0) is 8.67. The molecule has 4 rings (SSSR count). The third kappa shape index (κ3) is 0.770. The number of hydrogen-bond donors (Lipinski definition) is 0. The first kappa shape index (κ1) is 8.16. The summed E-state index contributed by atoms with van der Waals surface area (Å²) >= 11 is 6.04. The third-order valence-corrected chi connectivity index (χ3v) is 5.69. The molecule has 0 N–H and O–H groups in total. The quantitative estimate of drug-likeness (QED) is 0.652. The van der Waals surface area contributed by atoms with Gasteiger partial charge in [-0.1, -0.05) is 15.9 Å². The first-order valence-electron chi connectivity index (χ1n) is 4.22. The van der Waals surface area contributed by atoms with Crippen molar-refractivity contribution in [2.75, 3.05) is 0 Å². The van der Waals surface area contributed by atoms with Crippen LogP contribution < -0.4 is 0 Å². The minimum atomic E-state index is -2.63. The second kappa shape index (κ2) is 2.08. The highest BCUT2D eigenvalue weighted by atomic mass is 79.9. The molecule has 0 nitrogen and oxygen atoms in total. The topological polar surface area (TPSA) is 0 Å². The summed E-state index contributed by atoms with van der Waals surface area (Å²) in [5, 5.41) is 0. The molecule has 4 aliphatic rings. The molecule has 0 radical (unpaired) electrons. The Hall–Kier alpha value is 0.820. The van der Waals surface area contributed by atoms with E-state index in [0.29, 0.717) is 22.6 Å². The molecule has 0 saturated heterocycles. The maximum atomic E-state index is 13.1. The highest BCUT2D eigenvalue weighted by molar-refractivity contribution is 9.10. The van der Waals surface area contributed by atoms with Crippen molar-refractivity contribution in [2.24, 2.45) is 29.6 Å². The average molecular weight is 302 g/mol. The summed E-state index contributed by atoms with van der Waals surface area (Å²) in [6.45, 7) is 0. The Morgan fingerprint density at radius 3 is 2.00 bits per heavy atom. The van der Waals surface area contributed by atoms with E-state index in [1.807, 2.05) is 0 Å². The Labute approximate surface area is 86.3 Å². The highest BCUT2D eigenvalue weighted by Crippen LogP contribution is 2.77. The van der Waals surface area contributed by atoms with Crippen LogP contribution in [0.5, 0.6) is 0 Å². The number of alkyl halides is 4. The van der Waals surface area contributed by atoms with Crippen LogP contribution in [-0.4, -0.2) is 9.66 Å². The summed E-state index contributed by atoms with van der Waals surface area (Å²) in [7, 11) is 0. The molecule has 0 aliphatic heterocycles. The molecule has 4 aliphatic carbocycles. The molecule has 4 fully saturated rings. The van der Waals surface area contributed by atoms with Crippen LogP contribution in [0, 0.1) is 29.6 Å². The second-order valence-corrected chi connectivity index (χ2v) is 6.34. The summed E-state index contributed by atoms with van der Waals surface area (Å²) in [4.78, 5) is -2.25. The van der Waals surface area contributed by atoms with Crippen LogP contribution in [0.2, 0.25) is 0 Å². The lowest BCUT2D eigenvalue weighted by Crippen LogP contribution is -2.26. The van der Waals surface area contributed by atoms with E-state index in [-0.39, 0.29) is 5.92 Å². The fourth-order valence-electron chi connectivity index (χ4n) is 3.52. The number of hydrogen-bond acceptors (Lipinski definition) is 0. The molecule has 6 atom stereocenters. The van der Waals surface area contributed by atoms with Crippen LogP contribution in [0.3, 0.4) is 0 Å². The zero-order valence-corrected chi connectivity index (χ0v) is 9.36. The largest absolute Gasteiger partial charge is 0.304 e. The van der Waals surface area contributed by atoms with Crippen molar-refractivity contribution < 1.29 is 8.78 Å². The zero-order valence-electron chi connectivity index (χ0n) is 6.18. The van der Waals surface area contributed by atoms with E-state index in [1.165, 1.54) is 0 Å². The SMILES string of the molecule is FC(F)(Br)C1C2CC3C(C2Br)C31. The maximum absolute atomic E-state index is 13.1. The van der Waals surface area contributed by atoms with Crippen LogP contribution in [0.1, 0.15) is 6.42 Å². The van der Waals surface area contributed by atoms with Crippen molar-refractivity contribution in [3.05, 3.63) is 0 Å². The van der Waals surface area contributed by atoms with E-state index in [4.69, 9.17) is 0 Å². The van der Waals surface area contributed by atoms with Gasteiger partial charge in [0.2, 0.25) is 0 Å². The molecule has 68 valence electrons. The van der Waals surface area contributed by atoms with Gasteiger partial charge in [0, 0.05) is 10.7 Å². The lowest BCUT2D eigenvalue weighted by atomic mass is 9.99. The fraction of sp³-hybridized carbons (Fsp3) is 1.00. The summed E-state index contributed by atoms with van der Waals surface area (Å²) < 4.78 is 26.1. The molecular weight excluding hydrogens is 294 g/mol. The second-order valence-electron chi connectivity index (χ2n) is 4.23. The molecule has 4 saturated carbocycles. The lowest BCUT2D eigenvalue weighted by Gasteiger charge is -2.21. The Bertz CT molecular complexity index is 238. The Morgan fingerprint density at radius 1 is 1.17 bits per heavy atom. The first-order chi connectivity index (χ1) is 5.52. The van der Waals surface area contributed by atoms with Gasteiger partial charge < -0.3 is 0 Å². The van der Waals surface area contributed by atoms with Gasteiger partial charge in [-0.25, -0.2) is 0 Å². The average Bonchev–Trinajstić information content (AvgIpc) is 2.33. The summed E-state index contributed by atoms with van der Waals surface area (Å²) in [6.07, 6.45) is 1.02. The van der Waals surface area contributed by atoms with Gasteiger partial charge in [0.1, 0.15) is 0 Å². The molecule has 0 heterocycles. The predicted molar refractivity (Wildman–Crippen MR) is 48.7 cm³/mol. The minimum Gasteiger partial charge on any atom is -0.193 e. The van der Waals surface area contributed by atoms with Crippen molar-refractivity contribution in [2.45, 2.75) is 16.1 Å². The van der Waals surface area contributed by atoms with E-state index in [2.05, 4.69) is 31.9 Å². The molecule has 0 amide bonds. The molecule has 0 aromatic rings. The van der Waals surface area contributed by atoms with Crippen molar-refractivity contribution >= 4 is 31.9 Å². The molecule has 0 spiro atoms. The summed E-state index contributed by atoms with van der Waals surface area (Å²) in [5.41, 5.74) is 0. The van der Waals surface area contributed by atoms with Crippen molar-refractivity contribution in [3.63, 3.8) is 0 Å². The Balaban J connectivity index is 1.94. The van der Waals surface area contributed by atoms with Crippen LogP contribution in [0.15, 0.2) is 0 Å². The van der Waals surface area contributed by atoms with Gasteiger partial charge in [-0.3, -0.25) is 0 Å². The third-order valence-electron chi connectivity index (χ3n) is 3.87. The maximum Gasteiger partial charge on any atom is 0.304 e. The molecular formula is C8H8Br2F2. The van der Waals surface area contributed by atoms with Gasteiger partial charge in [0.05, 0.1) is 0 Å². The highest BCUT2D eigenvalue weighted by Gasteiger charge is 2.77. The Kier molecular flexibility index (Phi) is 1.41. The van der Waals surface area contributed by atoms with Gasteiger partial charge in [0.25, 0.3) is 0 Å². The van der Waals surface area contributed by atoms with Crippen molar-refractivity contribution in [1.29, 1.82) is 0 Å². The van der Waals surface area contributed by atoms with Crippen LogP contribution in [0.4, 0.5) is 8.78 Å². The van der Waals surface area contributed by atoms with Crippen LogP contribution in [0.25, 0.3) is 0 Å². The minimum absolute atomic E-state index is 0.222. The van der Waals surface area contributed by atoms with Gasteiger partial charge in [-0.15, -0.1) is 0 Å². The first-order valence-corrected chi connectivity index (χ1v) is 5.93. The predicted octanol–water partition coefficient (Wildman–Crippen LogP) is 3.25.